The molecule has 7 aromatic rings. The molecular formula is C33H23ClN6O2. The van der Waals surface area contributed by atoms with Crippen LogP contribution in [0.25, 0.3) is 49.5 Å². The molecule has 0 saturated carbocycles. The molecule has 9 heteroatoms. The second kappa shape index (κ2) is 10.2. The van der Waals surface area contributed by atoms with Crippen LogP contribution in [-0.2, 0) is 0 Å². The van der Waals surface area contributed by atoms with Crippen LogP contribution in [0.1, 0.15) is 18.7 Å². The molecule has 0 bridgehead atoms. The molecule has 0 aliphatic rings. The third kappa shape index (κ3) is 4.20. The molecule has 0 aliphatic carbocycles. The van der Waals surface area contributed by atoms with Gasteiger partial charge in [0.2, 0.25) is 0 Å². The van der Waals surface area contributed by atoms with Crippen LogP contribution in [0.15, 0.2) is 113 Å². The molecule has 204 valence electrons. The van der Waals surface area contributed by atoms with Gasteiger partial charge in [-0.25, -0.2) is 9.97 Å². The fourth-order valence-electron chi connectivity index (χ4n) is 5.51. The minimum absolute atomic E-state index is 0.212. The van der Waals surface area contributed by atoms with E-state index in [4.69, 9.17) is 11.6 Å². The Hall–Kier alpha value is -5.34. The Morgan fingerprint density at radius 2 is 1.74 bits per heavy atom. The van der Waals surface area contributed by atoms with Gasteiger partial charge in [0, 0.05) is 34.9 Å². The first-order chi connectivity index (χ1) is 20.5. The van der Waals surface area contributed by atoms with Crippen LogP contribution in [0.3, 0.4) is 0 Å². The van der Waals surface area contributed by atoms with Gasteiger partial charge in [0.05, 0.1) is 27.7 Å². The number of nitrogens with zero attached hydrogens (tertiary/aromatic N) is 4. The van der Waals surface area contributed by atoms with Gasteiger partial charge in [0.1, 0.15) is 23.2 Å². The SMILES string of the molecule is C[C@H](Nc1ncnc2[nH]ccc(=O)c12)c1c(Cl)c2cccc(-c3ccc4ncccc4c3)c2c(=O)n1-c1ccccc1. The maximum atomic E-state index is 14.6. The Bertz CT molecular complexity index is 2260. The lowest BCUT2D eigenvalue weighted by molar-refractivity contribution is 0.774. The maximum Gasteiger partial charge on any atom is 0.263 e. The zero-order valence-corrected chi connectivity index (χ0v) is 23.1. The zero-order valence-electron chi connectivity index (χ0n) is 22.4. The van der Waals surface area contributed by atoms with Crippen LogP contribution in [0.2, 0.25) is 5.02 Å². The van der Waals surface area contributed by atoms with Gasteiger partial charge in [0.25, 0.3) is 5.56 Å². The molecule has 0 amide bonds. The maximum absolute atomic E-state index is 14.6. The third-order valence-corrected chi connectivity index (χ3v) is 7.82. The largest absolute Gasteiger partial charge is 0.361 e. The Labute approximate surface area is 244 Å². The fourth-order valence-corrected chi connectivity index (χ4v) is 5.92. The van der Waals surface area contributed by atoms with E-state index >= 15 is 0 Å². The molecule has 42 heavy (non-hydrogen) atoms. The molecule has 7 rings (SSSR count). The van der Waals surface area contributed by atoms with E-state index in [2.05, 4.69) is 25.3 Å². The number of hydrogen-bond acceptors (Lipinski definition) is 6. The van der Waals surface area contributed by atoms with Crippen LogP contribution < -0.4 is 16.3 Å². The lowest BCUT2D eigenvalue weighted by Gasteiger charge is -2.24. The van der Waals surface area contributed by atoms with E-state index in [0.717, 1.165) is 22.0 Å². The average Bonchev–Trinajstić information content (AvgIpc) is 3.02. The van der Waals surface area contributed by atoms with Gasteiger partial charge in [0.15, 0.2) is 5.43 Å². The quantitative estimate of drug-likeness (QED) is 0.240. The monoisotopic (exact) mass is 570 g/mol. The van der Waals surface area contributed by atoms with Crippen LogP contribution in [-0.4, -0.2) is 24.5 Å². The summed E-state index contributed by atoms with van der Waals surface area (Å²) < 4.78 is 1.64. The van der Waals surface area contributed by atoms with Crippen LogP contribution >= 0.6 is 11.6 Å². The van der Waals surface area contributed by atoms with E-state index < -0.39 is 6.04 Å². The Balaban J connectivity index is 1.48. The summed E-state index contributed by atoms with van der Waals surface area (Å²) in [6.45, 7) is 1.89. The van der Waals surface area contributed by atoms with Gasteiger partial charge in [-0.1, -0.05) is 60.1 Å². The highest BCUT2D eigenvalue weighted by atomic mass is 35.5. The normalized spacial score (nSPS) is 12.1. The number of nitrogens with one attached hydrogen (secondary N) is 2. The summed E-state index contributed by atoms with van der Waals surface area (Å²) >= 11 is 7.22. The van der Waals surface area contributed by atoms with Gasteiger partial charge in [-0.2, -0.15) is 0 Å². The molecule has 1 atom stereocenters. The number of aromatic amines is 1. The van der Waals surface area contributed by atoms with E-state index in [0.29, 0.717) is 44.0 Å². The van der Waals surface area contributed by atoms with Crippen molar-refractivity contribution in [2.24, 2.45) is 0 Å². The highest BCUT2D eigenvalue weighted by Crippen LogP contribution is 2.37. The van der Waals surface area contributed by atoms with E-state index in [9.17, 15) is 9.59 Å². The molecule has 0 unspecified atom stereocenters. The molecule has 4 heterocycles. The summed E-state index contributed by atoms with van der Waals surface area (Å²) in [7, 11) is 0. The smallest absolute Gasteiger partial charge is 0.263 e. The highest BCUT2D eigenvalue weighted by Gasteiger charge is 2.24. The van der Waals surface area contributed by atoms with E-state index in [1.807, 2.05) is 85.8 Å². The molecule has 3 aromatic carbocycles. The van der Waals surface area contributed by atoms with Gasteiger partial charge < -0.3 is 10.3 Å². The van der Waals surface area contributed by atoms with Crippen molar-refractivity contribution < 1.29 is 0 Å². The summed E-state index contributed by atoms with van der Waals surface area (Å²) in [4.78, 5) is 43.2. The number of anilines is 1. The van der Waals surface area contributed by atoms with Crippen molar-refractivity contribution >= 4 is 50.1 Å². The molecule has 4 aromatic heterocycles. The van der Waals surface area contributed by atoms with Gasteiger partial charge in [-0.05, 0) is 48.4 Å². The summed E-state index contributed by atoms with van der Waals surface area (Å²) in [5.41, 5.74) is 3.72. The predicted molar refractivity (Wildman–Crippen MR) is 167 cm³/mol. The minimum Gasteiger partial charge on any atom is -0.361 e. The van der Waals surface area contributed by atoms with Crippen molar-refractivity contribution in [1.29, 1.82) is 0 Å². The van der Waals surface area contributed by atoms with E-state index in [1.54, 1.807) is 17.0 Å². The number of H-pyrrole nitrogens is 1. The summed E-state index contributed by atoms with van der Waals surface area (Å²) in [5.74, 6) is 0.344. The van der Waals surface area contributed by atoms with Crippen molar-refractivity contribution in [2.45, 2.75) is 13.0 Å². The number of fused-ring (bicyclic) bond motifs is 3. The van der Waals surface area contributed by atoms with Crippen LogP contribution in [0.5, 0.6) is 0 Å². The molecule has 0 spiro atoms. The number of rotatable bonds is 5. The number of para-hydroxylation sites is 1. The zero-order chi connectivity index (χ0) is 28.8. The lowest BCUT2D eigenvalue weighted by atomic mass is 9.96. The van der Waals surface area contributed by atoms with Crippen molar-refractivity contribution in [3.8, 4) is 16.8 Å². The topological polar surface area (TPSA) is 106 Å². The number of hydrogen-bond donors (Lipinski definition) is 2. The summed E-state index contributed by atoms with van der Waals surface area (Å²) in [5, 5.41) is 6.19. The van der Waals surface area contributed by atoms with Crippen molar-refractivity contribution in [3.63, 3.8) is 0 Å². The molecule has 0 aliphatic heterocycles. The minimum atomic E-state index is -0.525. The second-order valence-electron chi connectivity index (χ2n) is 9.97. The molecular weight excluding hydrogens is 548 g/mol. The van der Waals surface area contributed by atoms with E-state index in [1.165, 1.54) is 12.4 Å². The van der Waals surface area contributed by atoms with Crippen molar-refractivity contribution in [2.75, 3.05) is 5.32 Å². The van der Waals surface area contributed by atoms with Gasteiger partial charge in [-0.15, -0.1) is 0 Å². The first-order valence-electron chi connectivity index (χ1n) is 13.4. The first kappa shape index (κ1) is 25.6. The van der Waals surface area contributed by atoms with Crippen LogP contribution in [0, 0.1) is 0 Å². The fraction of sp³-hybridized carbons (Fsp3) is 0.0606. The van der Waals surface area contributed by atoms with Crippen molar-refractivity contribution in [3.05, 3.63) is 135 Å². The molecule has 2 N–H and O–H groups in total. The Morgan fingerprint density at radius 3 is 2.60 bits per heavy atom. The Morgan fingerprint density at radius 1 is 0.881 bits per heavy atom. The highest BCUT2D eigenvalue weighted by molar-refractivity contribution is 6.36. The number of halogens is 1. The number of aromatic nitrogens is 5. The molecule has 0 fully saturated rings. The van der Waals surface area contributed by atoms with Gasteiger partial charge in [-0.3, -0.25) is 19.1 Å². The third-order valence-electron chi connectivity index (χ3n) is 7.42. The second-order valence-corrected chi connectivity index (χ2v) is 10.3. The summed E-state index contributed by atoms with van der Waals surface area (Å²) in [6.07, 6.45) is 4.68. The molecule has 0 radical (unpaired) electrons. The summed E-state index contributed by atoms with van der Waals surface area (Å²) in [6, 6.07) is 25.8. The van der Waals surface area contributed by atoms with Crippen LogP contribution in [0.4, 0.5) is 5.82 Å². The van der Waals surface area contributed by atoms with Crippen molar-refractivity contribution in [1.82, 2.24) is 24.5 Å². The standard InChI is InChI=1S/C33H23ClN6O2/c1-19(39-32-28-26(41)14-16-36-31(28)37-18-38-32)30-29(34)24-11-5-10-23(20-12-13-25-21(17-20)7-6-15-35-25)27(24)33(42)40(30)22-8-3-2-4-9-22/h2-19H,1H3,(H2,36,37,38,39,41)/t19-/m0/s1. The Kier molecular flexibility index (Phi) is 6.25. The molecule has 8 nitrogen and oxygen atoms in total. The average molecular weight is 571 g/mol. The first-order valence-corrected chi connectivity index (χ1v) is 13.8. The predicted octanol–water partition coefficient (Wildman–Crippen LogP) is 6.66. The van der Waals surface area contributed by atoms with E-state index in [-0.39, 0.29) is 11.0 Å². The number of pyridine rings is 3. The molecule has 0 saturated heterocycles. The van der Waals surface area contributed by atoms with Gasteiger partial charge >= 0.3 is 0 Å². The number of benzene rings is 3. The lowest BCUT2D eigenvalue weighted by Crippen LogP contribution is -2.27.